The zero-order chi connectivity index (χ0) is 15.7. The van der Waals surface area contributed by atoms with Gasteiger partial charge in [0.25, 0.3) is 0 Å². The van der Waals surface area contributed by atoms with Crippen LogP contribution in [-0.2, 0) is 19.9 Å². The zero-order valence-electron chi connectivity index (χ0n) is 11.6. The fourth-order valence-corrected chi connectivity index (χ4v) is 5.42. The first-order valence-electron chi connectivity index (χ1n) is 6.40. The van der Waals surface area contributed by atoms with Gasteiger partial charge in [-0.25, -0.2) is 21.6 Å². The van der Waals surface area contributed by atoms with Gasteiger partial charge in [0.15, 0.2) is 9.84 Å². The molecule has 0 aliphatic carbocycles. The Labute approximate surface area is 124 Å². The van der Waals surface area contributed by atoms with Gasteiger partial charge < -0.3 is 10.5 Å². The summed E-state index contributed by atoms with van der Waals surface area (Å²) in [6.45, 7) is 0. The number of methoxy groups -OCH3 is 1. The molecular formula is C12H18N2O5S2. The monoisotopic (exact) mass is 334 g/mol. The smallest absolute Gasteiger partial charge is 0.242 e. The lowest BCUT2D eigenvalue weighted by molar-refractivity contribution is 0.414. The van der Waals surface area contributed by atoms with E-state index in [0.717, 1.165) is 0 Å². The number of benzene rings is 1. The molecule has 1 saturated heterocycles. The first-order valence-corrected chi connectivity index (χ1v) is 9.70. The van der Waals surface area contributed by atoms with Gasteiger partial charge in [-0.2, -0.15) is 0 Å². The van der Waals surface area contributed by atoms with E-state index in [4.69, 9.17) is 10.5 Å². The number of hydrogen-bond donors (Lipinski definition) is 2. The van der Waals surface area contributed by atoms with Crippen LogP contribution in [0.1, 0.15) is 12.8 Å². The van der Waals surface area contributed by atoms with Gasteiger partial charge >= 0.3 is 0 Å². The molecule has 21 heavy (non-hydrogen) atoms. The molecule has 7 nitrogen and oxygen atoms in total. The first kappa shape index (κ1) is 16.1. The Kier molecular flexibility index (Phi) is 4.45. The van der Waals surface area contributed by atoms with Crippen molar-refractivity contribution in [2.24, 2.45) is 0 Å². The highest BCUT2D eigenvalue weighted by atomic mass is 32.2. The number of sulfone groups is 1. The fourth-order valence-electron chi connectivity index (χ4n) is 2.30. The highest BCUT2D eigenvalue weighted by molar-refractivity contribution is 7.91. The van der Waals surface area contributed by atoms with Crippen LogP contribution >= 0.6 is 0 Å². The van der Waals surface area contributed by atoms with Crippen LogP contribution < -0.4 is 15.2 Å². The standard InChI is InChI=1S/C12H18N2O5S2/c1-19-10-4-5-12(11(13)7-10)21(17,18)14-9-3-2-6-20(15,16)8-9/h4-5,7,9,14H,2-3,6,8,13H2,1H3. The molecule has 0 spiro atoms. The van der Waals surface area contributed by atoms with Gasteiger partial charge in [-0.05, 0) is 25.0 Å². The van der Waals surface area contributed by atoms with E-state index >= 15 is 0 Å². The molecule has 0 saturated carbocycles. The number of sulfonamides is 1. The molecule has 2 rings (SSSR count). The minimum Gasteiger partial charge on any atom is -0.497 e. The maximum atomic E-state index is 12.3. The normalized spacial score (nSPS) is 21.9. The topological polar surface area (TPSA) is 116 Å². The molecule has 1 aliphatic rings. The summed E-state index contributed by atoms with van der Waals surface area (Å²) in [5, 5.41) is 0. The van der Waals surface area contributed by atoms with Crippen molar-refractivity contribution in [3.63, 3.8) is 0 Å². The summed E-state index contributed by atoms with van der Waals surface area (Å²) in [6.07, 6.45) is 0.947. The van der Waals surface area contributed by atoms with E-state index in [9.17, 15) is 16.8 Å². The summed E-state index contributed by atoms with van der Waals surface area (Å²) in [6, 6.07) is 3.62. The van der Waals surface area contributed by atoms with E-state index in [0.29, 0.717) is 18.6 Å². The lowest BCUT2D eigenvalue weighted by atomic mass is 10.2. The van der Waals surface area contributed by atoms with Crippen molar-refractivity contribution in [2.75, 3.05) is 24.3 Å². The molecule has 1 aliphatic heterocycles. The number of hydrogen-bond acceptors (Lipinski definition) is 6. The van der Waals surface area contributed by atoms with Crippen LogP contribution in [-0.4, -0.2) is 41.5 Å². The molecule has 9 heteroatoms. The number of nitrogen functional groups attached to an aromatic ring is 1. The van der Waals surface area contributed by atoms with Gasteiger partial charge in [0.05, 0.1) is 24.3 Å². The summed E-state index contributed by atoms with van der Waals surface area (Å²) in [5.41, 5.74) is 5.78. The number of nitrogens with two attached hydrogens (primary N) is 1. The molecule has 1 aromatic rings. The molecule has 1 unspecified atom stereocenters. The molecule has 1 fully saturated rings. The number of anilines is 1. The van der Waals surface area contributed by atoms with Gasteiger partial charge in [-0.15, -0.1) is 0 Å². The minimum absolute atomic E-state index is 0.0560. The summed E-state index contributed by atoms with van der Waals surface area (Å²) < 4.78 is 55.1. The molecule has 0 amide bonds. The fraction of sp³-hybridized carbons (Fsp3) is 0.500. The van der Waals surface area contributed by atoms with Crippen molar-refractivity contribution in [3.8, 4) is 5.75 Å². The van der Waals surface area contributed by atoms with Crippen LogP contribution in [0.2, 0.25) is 0 Å². The Balaban J connectivity index is 2.22. The van der Waals surface area contributed by atoms with Crippen molar-refractivity contribution in [1.82, 2.24) is 4.72 Å². The SMILES string of the molecule is COc1ccc(S(=O)(=O)NC2CCCS(=O)(=O)C2)c(N)c1. The van der Waals surface area contributed by atoms with Crippen LogP contribution in [0.25, 0.3) is 0 Å². The van der Waals surface area contributed by atoms with Gasteiger partial charge in [0, 0.05) is 12.1 Å². The predicted molar refractivity (Wildman–Crippen MR) is 79.4 cm³/mol. The van der Waals surface area contributed by atoms with Crippen molar-refractivity contribution in [3.05, 3.63) is 18.2 Å². The third-order valence-electron chi connectivity index (χ3n) is 3.29. The number of rotatable bonds is 4. The second kappa shape index (κ2) is 5.82. The Morgan fingerprint density at radius 2 is 2.10 bits per heavy atom. The molecular weight excluding hydrogens is 316 g/mol. The molecule has 0 bridgehead atoms. The summed E-state index contributed by atoms with van der Waals surface area (Å²) >= 11 is 0. The second-order valence-electron chi connectivity index (χ2n) is 4.98. The maximum Gasteiger partial charge on any atom is 0.242 e. The van der Waals surface area contributed by atoms with Crippen molar-refractivity contribution in [1.29, 1.82) is 0 Å². The van der Waals surface area contributed by atoms with E-state index in [1.807, 2.05) is 0 Å². The van der Waals surface area contributed by atoms with E-state index in [2.05, 4.69) is 4.72 Å². The molecule has 1 aromatic carbocycles. The highest BCUT2D eigenvalue weighted by Crippen LogP contribution is 2.24. The van der Waals surface area contributed by atoms with Crippen molar-refractivity contribution >= 4 is 25.5 Å². The largest absolute Gasteiger partial charge is 0.497 e. The third-order valence-corrected chi connectivity index (χ3v) is 6.71. The quantitative estimate of drug-likeness (QED) is 0.756. The Morgan fingerprint density at radius 1 is 1.38 bits per heavy atom. The van der Waals surface area contributed by atoms with E-state index in [-0.39, 0.29) is 22.1 Å². The average Bonchev–Trinajstić information content (AvgIpc) is 2.36. The molecule has 0 aromatic heterocycles. The predicted octanol–water partition coefficient (Wildman–Crippen LogP) is 0.133. The second-order valence-corrected chi connectivity index (χ2v) is 8.89. The Morgan fingerprint density at radius 3 is 2.67 bits per heavy atom. The number of ether oxygens (including phenoxy) is 1. The van der Waals surface area contributed by atoms with Crippen LogP contribution in [0.15, 0.2) is 23.1 Å². The minimum atomic E-state index is -3.86. The lowest BCUT2D eigenvalue weighted by Crippen LogP contribution is -2.43. The summed E-state index contributed by atoms with van der Waals surface area (Å²) in [7, 11) is -5.59. The summed E-state index contributed by atoms with van der Waals surface area (Å²) in [5.74, 6) is 0.379. The van der Waals surface area contributed by atoms with Crippen LogP contribution in [0, 0.1) is 0 Å². The Bertz CT molecular complexity index is 728. The Hall–Kier alpha value is -1.32. The zero-order valence-corrected chi connectivity index (χ0v) is 13.2. The van der Waals surface area contributed by atoms with E-state index in [1.54, 1.807) is 0 Å². The van der Waals surface area contributed by atoms with E-state index < -0.39 is 25.9 Å². The first-order chi connectivity index (χ1) is 9.73. The molecule has 1 atom stereocenters. The molecule has 3 N–H and O–H groups in total. The molecule has 0 radical (unpaired) electrons. The average molecular weight is 334 g/mol. The van der Waals surface area contributed by atoms with E-state index in [1.165, 1.54) is 25.3 Å². The van der Waals surface area contributed by atoms with Gasteiger partial charge in [-0.3, -0.25) is 0 Å². The lowest BCUT2D eigenvalue weighted by Gasteiger charge is -2.23. The van der Waals surface area contributed by atoms with Crippen LogP contribution in [0.5, 0.6) is 5.75 Å². The van der Waals surface area contributed by atoms with Crippen LogP contribution in [0.4, 0.5) is 5.69 Å². The molecule has 1 heterocycles. The highest BCUT2D eigenvalue weighted by Gasteiger charge is 2.29. The molecule has 118 valence electrons. The van der Waals surface area contributed by atoms with Crippen molar-refractivity contribution in [2.45, 2.75) is 23.8 Å². The third kappa shape index (κ3) is 3.86. The van der Waals surface area contributed by atoms with Gasteiger partial charge in [-0.1, -0.05) is 0 Å². The van der Waals surface area contributed by atoms with Gasteiger partial charge in [0.1, 0.15) is 10.6 Å². The summed E-state index contributed by atoms with van der Waals surface area (Å²) in [4.78, 5) is -0.0775. The van der Waals surface area contributed by atoms with Crippen LogP contribution in [0.3, 0.4) is 0 Å². The van der Waals surface area contributed by atoms with Gasteiger partial charge in [0.2, 0.25) is 10.0 Å². The maximum absolute atomic E-state index is 12.3. The van der Waals surface area contributed by atoms with Crippen molar-refractivity contribution < 1.29 is 21.6 Å². The number of nitrogens with one attached hydrogen (secondary N) is 1.